The van der Waals surface area contributed by atoms with Gasteiger partial charge in [-0.15, -0.1) is 0 Å². The molecule has 1 heterocycles. The van der Waals surface area contributed by atoms with Crippen LogP contribution in [0, 0.1) is 0 Å². The summed E-state index contributed by atoms with van der Waals surface area (Å²) in [6.07, 6.45) is 0. The summed E-state index contributed by atoms with van der Waals surface area (Å²) >= 11 is 0. The minimum absolute atomic E-state index is 0.197. The molecule has 2 N–H and O–H groups in total. The summed E-state index contributed by atoms with van der Waals surface area (Å²) < 4.78 is 10.7. The van der Waals surface area contributed by atoms with Crippen LogP contribution in [0.25, 0.3) is 10.9 Å². The van der Waals surface area contributed by atoms with Crippen LogP contribution in [0.2, 0.25) is 0 Å². The Morgan fingerprint density at radius 2 is 1.75 bits per heavy atom. The summed E-state index contributed by atoms with van der Waals surface area (Å²) in [5, 5.41) is 9.70. The van der Waals surface area contributed by atoms with Gasteiger partial charge in [-0.1, -0.05) is 0 Å². The van der Waals surface area contributed by atoms with Gasteiger partial charge in [0, 0.05) is 10.9 Å². The fourth-order valence-electron chi connectivity index (χ4n) is 2.29. The maximum absolute atomic E-state index is 11.7. The van der Waals surface area contributed by atoms with E-state index in [9.17, 15) is 9.59 Å². The van der Waals surface area contributed by atoms with E-state index < -0.39 is 11.9 Å². The Balaban J connectivity index is 1.82. The first-order valence-corrected chi connectivity index (χ1v) is 7.38. The van der Waals surface area contributed by atoms with E-state index in [0.717, 1.165) is 10.9 Å². The van der Waals surface area contributed by atoms with Crippen molar-refractivity contribution in [1.82, 2.24) is 4.98 Å². The predicted molar refractivity (Wildman–Crippen MR) is 87.7 cm³/mol. The van der Waals surface area contributed by atoms with E-state index in [-0.39, 0.29) is 5.56 Å². The molecular weight excluding hydrogens is 310 g/mol. The number of H-pyrrole nitrogens is 1. The molecular formula is C18H15NO5. The molecule has 0 atom stereocenters. The Bertz CT molecular complexity index is 895. The molecule has 1 aromatic heterocycles. The first-order valence-electron chi connectivity index (χ1n) is 7.38. The van der Waals surface area contributed by atoms with Crippen molar-refractivity contribution in [2.24, 2.45) is 0 Å². The van der Waals surface area contributed by atoms with Gasteiger partial charge in [0.1, 0.15) is 17.2 Å². The number of benzene rings is 2. The molecule has 3 aromatic rings. The third-order valence-corrected chi connectivity index (χ3v) is 3.42. The number of aromatic amines is 1. The highest BCUT2D eigenvalue weighted by molar-refractivity contribution is 5.95. The summed E-state index contributed by atoms with van der Waals surface area (Å²) in [4.78, 5) is 25.6. The molecule has 3 rings (SSSR count). The number of carboxylic acid groups (broad SMARTS) is 1. The SMILES string of the molecule is CCOC(=O)c1cc2cc(Oc3ccc(C(=O)O)cc3)ccc2[nH]1. The van der Waals surface area contributed by atoms with Gasteiger partial charge in [-0.3, -0.25) is 0 Å². The van der Waals surface area contributed by atoms with Crippen LogP contribution in [-0.4, -0.2) is 28.6 Å². The second kappa shape index (κ2) is 6.45. The first-order chi connectivity index (χ1) is 11.6. The standard InChI is InChI=1S/C18H15NO5/c1-2-23-18(22)16-10-12-9-14(7-8-15(12)19-16)24-13-5-3-11(4-6-13)17(20)21/h3-10,19H,2H2,1H3,(H,20,21). The van der Waals surface area contributed by atoms with Crippen molar-refractivity contribution in [1.29, 1.82) is 0 Å². The molecule has 0 spiro atoms. The molecule has 6 nitrogen and oxygen atoms in total. The minimum Gasteiger partial charge on any atom is -0.478 e. The number of rotatable bonds is 5. The van der Waals surface area contributed by atoms with E-state index in [1.165, 1.54) is 12.1 Å². The zero-order valence-corrected chi connectivity index (χ0v) is 12.9. The number of hydrogen-bond donors (Lipinski definition) is 2. The predicted octanol–water partition coefficient (Wildman–Crippen LogP) is 3.84. The molecule has 0 aliphatic carbocycles. The second-order valence-electron chi connectivity index (χ2n) is 5.08. The normalized spacial score (nSPS) is 10.5. The third kappa shape index (κ3) is 3.22. The van der Waals surface area contributed by atoms with Crippen LogP contribution in [0.3, 0.4) is 0 Å². The highest BCUT2D eigenvalue weighted by Crippen LogP contribution is 2.26. The fraction of sp³-hybridized carbons (Fsp3) is 0.111. The molecule has 6 heteroatoms. The van der Waals surface area contributed by atoms with Crippen molar-refractivity contribution in [3.05, 3.63) is 59.8 Å². The fourth-order valence-corrected chi connectivity index (χ4v) is 2.29. The lowest BCUT2D eigenvalue weighted by Gasteiger charge is -2.06. The van der Waals surface area contributed by atoms with Gasteiger partial charge in [-0.2, -0.15) is 0 Å². The van der Waals surface area contributed by atoms with Crippen molar-refractivity contribution >= 4 is 22.8 Å². The van der Waals surface area contributed by atoms with E-state index in [1.54, 1.807) is 43.3 Å². The lowest BCUT2D eigenvalue weighted by molar-refractivity contribution is 0.0520. The molecule has 24 heavy (non-hydrogen) atoms. The number of carboxylic acids is 1. The molecule has 0 bridgehead atoms. The topological polar surface area (TPSA) is 88.6 Å². The molecule has 0 unspecified atom stereocenters. The van der Waals surface area contributed by atoms with Crippen LogP contribution in [-0.2, 0) is 4.74 Å². The Kier molecular flexibility index (Phi) is 4.20. The van der Waals surface area contributed by atoms with Crippen molar-refractivity contribution in [2.45, 2.75) is 6.92 Å². The van der Waals surface area contributed by atoms with Gasteiger partial charge < -0.3 is 19.6 Å². The molecule has 2 aromatic carbocycles. The molecule has 0 saturated carbocycles. The number of carbonyl (C=O) groups is 2. The summed E-state index contributed by atoms with van der Waals surface area (Å²) in [6, 6.07) is 13.2. The van der Waals surface area contributed by atoms with E-state index in [4.69, 9.17) is 14.6 Å². The molecule has 0 radical (unpaired) electrons. The Labute approximate surface area is 137 Å². The van der Waals surface area contributed by atoms with Crippen molar-refractivity contribution in [3.63, 3.8) is 0 Å². The number of fused-ring (bicyclic) bond motifs is 1. The quantitative estimate of drug-likeness (QED) is 0.696. The number of nitrogens with one attached hydrogen (secondary N) is 1. The van der Waals surface area contributed by atoms with Crippen LogP contribution in [0.1, 0.15) is 27.8 Å². The van der Waals surface area contributed by atoms with Crippen molar-refractivity contribution in [3.8, 4) is 11.5 Å². The lowest BCUT2D eigenvalue weighted by Crippen LogP contribution is -2.04. The first kappa shape index (κ1) is 15.6. The van der Waals surface area contributed by atoms with Gasteiger partial charge >= 0.3 is 11.9 Å². The zero-order valence-electron chi connectivity index (χ0n) is 12.9. The van der Waals surface area contributed by atoms with Gasteiger partial charge in [0.05, 0.1) is 12.2 Å². The van der Waals surface area contributed by atoms with Gasteiger partial charge in [-0.05, 0) is 55.5 Å². The molecule has 122 valence electrons. The maximum atomic E-state index is 11.7. The average molecular weight is 325 g/mol. The highest BCUT2D eigenvalue weighted by atomic mass is 16.5. The number of esters is 1. The van der Waals surface area contributed by atoms with Gasteiger partial charge in [0.2, 0.25) is 0 Å². The second-order valence-corrected chi connectivity index (χ2v) is 5.08. The van der Waals surface area contributed by atoms with Crippen LogP contribution >= 0.6 is 0 Å². The summed E-state index contributed by atoms with van der Waals surface area (Å²) in [5.41, 5.74) is 1.38. The molecule has 0 aliphatic rings. The summed E-state index contributed by atoms with van der Waals surface area (Å²) in [6.45, 7) is 2.07. The van der Waals surface area contributed by atoms with Crippen LogP contribution in [0.4, 0.5) is 0 Å². The maximum Gasteiger partial charge on any atom is 0.354 e. The smallest absolute Gasteiger partial charge is 0.354 e. The Hall–Kier alpha value is -3.28. The number of aromatic carboxylic acids is 1. The van der Waals surface area contributed by atoms with E-state index in [0.29, 0.717) is 23.8 Å². The number of aromatic nitrogens is 1. The lowest BCUT2D eigenvalue weighted by atomic mass is 10.2. The van der Waals surface area contributed by atoms with Crippen molar-refractivity contribution < 1.29 is 24.2 Å². The van der Waals surface area contributed by atoms with E-state index >= 15 is 0 Å². The number of carbonyl (C=O) groups excluding carboxylic acids is 1. The summed E-state index contributed by atoms with van der Waals surface area (Å²) in [7, 11) is 0. The van der Waals surface area contributed by atoms with Crippen molar-refractivity contribution in [2.75, 3.05) is 6.61 Å². The average Bonchev–Trinajstić information content (AvgIpc) is 2.99. The molecule has 0 aliphatic heterocycles. The Morgan fingerprint density at radius 1 is 1.04 bits per heavy atom. The van der Waals surface area contributed by atoms with E-state index in [1.807, 2.05) is 0 Å². The minimum atomic E-state index is -0.984. The van der Waals surface area contributed by atoms with Gasteiger partial charge in [0.25, 0.3) is 0 Å². The van der Waals surface area contributed by atoms with Crippen LogP contribution in [0.5, 0.6) is 11.5 Å². The summed E-state index contributed by atoms with van der Waals surface area (Å²) in [5.74, 6) is -0.275. The van der Waals surface area contributed by atoms with Crippen LogP contribution < -0.4 is 4.74 Å². The third-order valence-electron chi connectivity index (χ3n) is 3.42. The molecule has 0 fully saturated rings. The zero-order chi connectivity index (χ0) is 17.1. The molecule has 0 amide bonds. The van der Waals surface area contributed by atoms with Crippen LogP contribution in [0.15, 0.2) is 48.5 Å². The van der Waals surface area contributed by atoms with Gasteiger partial charge in [-0.25, -0.2) is 9.59 Å². The van der Waals surface area contributed by atoms with Gasteiger partial charge in [0.15, 0.2) is 0 Å². The highest BCUT2D eigenvalue weighted by Gasteiger charge is 2.11. The Morgan fingerprint density at radius 3 is 2.42 bits per heavy atom. The largest absolute Gasteiger partial charge is 0.478 e. The number of hydrogen-bond acceptors (Lipinski definition) is 4. The van der Waals surface area contributed by atoms with E-state index in [2.05, 4.69) is 4.98 Å². The molecule has 0 saturated heterocycles. The monoisotopic (exact) mass is 325 g/mol. The number of ether oxygens (including phenoxy) is 2.